The molecule has 10 heteroatoms. The van der Waals surface area contributed by atoms with Crippen LogP contribution >= 0.6 is 28.1 Å². The molecule has 1 heterocycles. The van der Waals surface area contributed by atoms with Crippen molar-refractivity contribution in [2.45, 2.75) is 20.4 Å². The Morgan fingerprint density at radius 3 is 2.83 bits per heavy atom. The number of carbonyl (C=O) groups is 1. The molecule has 2 aromatic rings. The quantitative estimate of drug-likeness (QED) is 0.759. The second-order valence-electron chi connectivity index (χ2n) is 4.51. The molecule has 8 nitrogen and oxygen atoms in total. The lowest BCUT2D eigenvalue weighted by molar-refractivity contribution is 0.0974. The van der Waals surface area contributed by atoms with E-state index in [2.05, 4.69) is 42.0 Å². The molecule has 0 bridgehead atoms. The standard InChI is InChI=1S/C13H15BrN6O2S/c1-4-20-18-12(17-19-20)16-13(23)15-11(21)9-6-8(14)5-7(2)10(9)22-3/h5-6H,4H2,1-3H3,(H2,15,16,18,21,23). The Bertz CT molecular complexity index is 748. The SMILES string of the molecule is CCn1nnc(NC(=S)NC(=O)c2cc(Br)cc(C)c2OC)n1. The Morgan fingerprint density at radius 2 is 2.22 bits per heavy atom. The third-order valence-corrected chi connectivity index (χ3v) is 3.54. The average molecular weight is 399 g/mol. The summed E-state index contributed by atoms with van der Waals surface area (Å²) in [7, 11) is 1.51. The molecule has 1 aromatic carbocycles. The lowest BCUT2D eigenvalue weighted by atomic mass is 10.1. The number of tetrazole rings is 1. The van der Waals surface area contributed by atoms with E-state index in [0.29, 0.717) is 17.9 Å². The second-order valence-corrected chi connectivity index (χ2v) is 5.84. The minimum Gasteiger partial charge on any atom is -0.496 e. The molecule has 1 amide bonds. The summed E-state index contributed by atoms with van der Waals surface area (Å²) in [6, 6.07) is 3.52. The summed E-state index contributed by atoms with van der Waals surface area (Å²) in [4.78, 5) is 13.8. The number of aromatic nitrogens is 4. The van der Waals surface area contributed by atoms with E-state index in [1.54, 1.807) is 6.07 Å². The molecule has 2 rings (SSSR count). The lowest BCUT2D eigenvalue weighted by Crippen LogP contribution is -2.34. The number of hydrogen-bond acceptors (Lipinski definition) is 6. The highest BCUT2D eigenvalue weighted by atomic mass is 79.9. The van der Waals surface area contributed by atoms with E-state index < -0.39 is 5.91 Å². The molecule has 1 aromatic heterocycles. The van der Waals surface area contributed by atoms with Gasteiger partial charge in [-0.1, -0.05) is 21.0 Å². The van der Waals surface area contributed by atoms with Crippen LogP contribution in [0.2, 0.25) is 0 Å². The highest BCUT2D eigenvalue weighted by Gasteiger charge is 2.17. The van der Waals surface area contributed by atoms with Crippen molar-refractivity contribution in [1.82, 2.24) is 25.5 Å². The summed E-state index contributed by atoms with van der Waals surface area (Å²) < 4.78 is 6.06. The number of aryl methyl sites for hydroxylation is 2. The van der Waals surface area contributed by atoms with E-state index in [-0.39, 0.29) is 11.1 Å². The number of nitrogens with one attached hydrogen (secondary N) is 2. The first-order chi connectivity index (χ1) is 10.9. The van der Waals surface area contributed by atoms with Gasteiger partial charge in [0.2, 0.25) is 0 Å². The van der Waals surface area contributed by atoms with E-state index in [1.807, 2.05) is 19.9 Å². The first kappa shape index (κ1) is 17.3. The van der Waals surface area contributed by atoms with Crippen LogP contribution in [0.5, 0.6) is 5.75 Å². The van der Waals surface area contributed by atoms with Gasteiger partial charge in [-0.25, -0.2) is 0 Å². The van der Waals surface area contributed by atoms with Crippen LogP contribution in [-0.2, 0) is 6.54 Å². The van der Waals surface area contributed by atoms with E-state index in [1.165, 1.54) is 11.9 Å². The fourth-order valence-electron chi connectivity index (χ4n) is 1.90. The highest BCUT2D eigenvalue weighted by Crippen LogP contribution is 2.27. The van der Waals surface area contributed by atoms with Gasteiger partial charge in [0.1, 0.15) is 5.75 Å². The second kappa shape index (κ2) is 7.47. The molecule has 0 unspecified atom stereocenters. The van der Waals surface area contributed by atoms with E-state index in [4.69, 9.17) is 17.0 Å². The molecule has 23 heavy (non-hydrogen) atoms. The molecule has 0 saturated heterocycles. The normalized spacial score (nSPS) is 10.3. The Labute approximate surface area is 146 Å². The predicted molar refractivity (Wildman–Crippen MR) is 92.6 cm³/mol. The molecule has 0 saturated carbocycles. The largest absolute Gasteiger partial charge is 0.496 e. The topological polar surface area (TPSA) is 94.0 Å². The predicted octanol–water partition coefficient (Wildman–Crippen LogP) is 1.90. The Hall–Kier alpha value is -2.07. The van der Waals surface area contributed by atoms with Crippen molar-refractivity contribution in [3.05, 3.63) is 27.7 Å². The zero-order valence-electron chi connectivity index (χ0n) is 12.8. The summed E-state index contributed by atoms with van der Waals surface area (Å²) in [6.45, 7) is 4.32. The molecule has 122 valence electrons. The molecular formula is C13H15BrN6O2S. The molecule has 0 aliphatic heterocycles. The van der Waals surface area contributed by atoms with Gasteiger partial charge in [-0.05, 0) is 49.0 Å². The third kappa shape index (κ3) is 4.23. The summed E-state index contributed by atoms with van der Waals surface area (Å²) >= 11 is 8.45. The summed E-state index contributed by atoms with van der Waals surface area (Å²) in [5.41, 5.74) is 1.20. The maximum absolute atomic E-state index is 12.4. The average Bonchev–Trinajstić information content (AvgIpc) is 2.93. The van der Waals surface area contributed by atoms with Gasteiger partial charge in [-0.3, -0.25) is 15.4 Å². The Kier molecular flexibility index (Phi) is 5.61. The van der Waals surface area contributed by atoms with Crippen molar-refractivity contribution in [2.24, 2.45) is 0 Å². The summed E-state index contributed by atoms with van der Waals surface area (Å²) in [5, 5.41) is 16.9. The van der Waals surface area contributed by atoms with Gasteiger partial charge in [-0.2, -0.15) is 4.80 Å². The van der Waals surface area contributed by atoms with E-state index in [0.717, 1.165) is 10.0 Å². The van der Waals surface area contributed by atoms with Gasteiger partial charge in [0.15, 0.2) is 5.11 Å². The van der Waals surface area contributed by atoms with Gasteiger partial charge in [0.25, 0.3) is 11.9 Å². The monoisotopic (exact) mass is 398 g/mol. The maximum atomic E-state index is 12.4. The van der Waals surface area contributed by atoms with Gasteiger partial charge < -0.3 is 4.74 Å². The number of methoxy groups -OCH3 is 1. The van der Waals surface area contributed by atoms with Crippen LogP contribution in [0.15, 0.2) is 16.6 Å². The van der Waals surface area contributed by atoms with Crippen LogP contribution in [0.3, 0.4) is 0 Å². The first-order valence-electron chi connectivity index (χ1n) is 6.68. The molecular weight excluding hydrogens is 384 g/mol. The molecule has 0 radical (unpaired) electrons. The zero-order chi connectivity index (χ0) is 17.0. The van der Waals surface area contributed by atoms with Crippen LogP contribution in [-0.4, -0.2) is 38.3 Å². The number of rotatable bonds is 4. The molecule has 0 atom stereocenters. The number of benzene rings is 1. The Morgan fingerprint density at radius 1 is 1.48 bits per heavy atom. The van der Waals surface area contributed by atoms with Crippen LogP contribution in [0.25, 0.3) is 0 Å². The minimum absolute atomic E-state index is 0.0744. The van der Waals surface area contributed by atoms with Gasteiger partial charge in [0.05, 0.1) is 19.2 Å². The van der Waals surface area contributed by atoms with Crippen molar-refractivity contribution in [1.29, 1.82) is 0 Å². The molecule has 2 N–H and O–H groups in total. The van der Waals surface area contributed by atoms with Crippen molar-refractivity contribution < 1.29 is 9.53 Å². The summed E-state index contributed by atoms with van der Waals surface area (Å²) in [5.74, 6) is 0.310. The van der Waals surface area contributed by atoms with Crippen LogP contribution in [0.1, 0.15) is 22.8 Å². The fraction of sp³-hybridized carbons (Fsp3) is 0.308. The van der Waals surface area contributed by atoms with Crippen LogP contribution in [0, 0.1) is 6.92 Å². The van der Waals surface area contributed by atoms with Crippen LogP contribution in [0.4, 0.5) is 5.95 Å². The van der Waals surface area contributed by atoms with Crippen molar-refractivity contribution in [2.75, 3.05) is 12.4 Å². The number of nitrogens with zero attached hydrogens (tertiary/aromatic N) is 4. The van der Waals surface area contributed by atoms with Crippen LogP contribution < -0.4 is 15.4 Å². The molecule has 0 spiro atoms. The number of anilines is 1. The number of hydrogen-bond donors (Lipinski definition) is 2. The van der Waals surface area contributed by atoms with Crippen molar-refractivity contribution in [3.63, 3.8) is 0 Å². The van der Waals surface area contributed by atoms with E-state index >= 15 is 0 Å². The van der Waals surface area contributed by atoms with Crippen molar-refractivity contribution in [3.8, 4) is 5.75 Å². The minimum atomic E-state index is -0.397. The number of halogens is 1. The third-order valence-electron chi connectivity index (χ3n) is 2.88. The van der Waals surface area contributed by atoms with Crippen molar-refractivity contribution >= 4 is 45.1 Å². The smallest absolute Gasteiger partial charge is 0.269 e. The lowest BCUT2D eigenvalue weighted by Gasteiger charge is -2.12. The Balaban J connectivity index is 2.11. The number of carbonyl (C=O) groups excluding carboxylic acids is 1. The fourth-order valence-corrected chi connectivity index (χ4v) is 2.66. The first-order valence-corrected chi connectivity index (χ1v) is 7.89. The van der Waals surface area contributed by atoms with Gasteiger partial charge >= 0.3 is 0 Å². The number of amides is 1. The zero-order valence-corrected chi connectivity index (χ0v) is 15.2. The van der Waals surface area contributed by atoms with Gasteiger partial charge in [-0.15, -0.1) is 5.10 Å². The van der Waals surface area contributed by atoms with E-state index in [9.17, 15) is 4.79 Å². The van der Waals surface area contributed by atoms with Gasteiger partial charge in [0, 0.05) is 4.47 Å². The molecule has 0 aliphatic carbocycles. The summed E-state index contributed by atoms with van der Waals surface area (Å²) in [6.07, 6.45) is 0. The number of ether oxygens (including phenoxy) is 1. The highest BCUT2D eigenvalue weighted by molar-refractivity contribution is 9.10. The molecule has 0 fully saturated rings. The molecule has 0 aliphatic rings. The number of thiocarbonyl (C=S) groups is 1. The maximum Gasteiger partial charge on any atom is 0.269 e.